The molecule has 0 spiro atoms. The van der Waals surface area contributed by atoms with Gasteiger partial charge >= 0.3 is 0 Å². The maximum Gasteiger partial charge on any atom is 0.165 e. The first kappa shape index (κ1) is 28.8. The van der Waals surface area contributed by atoms with Crippen molar-refractivity contribution in [2.75, 3.05) is 0 Å². The third-order valence-corrected chi connectivity index (χ3v) is 9.88. The highest BCUT2D eigenvalue weighted by Gasteiger charge is 2.18. The molecule has 4 aromatic heterocycles. The van der Waals surface area contributed by atoms with Crippen LogP contribution in [-0.4, -0.2) is 24.9 Å². The van der Waals surface area contributed by atoms with Crippen LogP contribution in [0.2, 0.25) is 0 Å². The Morgan fingerprint density at radius 2 is 0.980 bits per heavy atom. The number of hydrogen-bond acceptors (Lipinski definition) is 6. The van der Waals surface area contributed by atoms with Crippen LogP contribution in [0.5, 0.6) is 0 Å². The number of thiophene rings is 1. The second kappa shape index (κ2) is 12.3. The van der Waals surface area contributed by atoms with Crippen LogP contribution in [0.15, 0.2) is 164 Å². The summed E-state index contributed by atoms with van der Waals surface area (Å²) < 4.78 is 2.39. The maximum atomic E-state index is 5.11. The van der Waals surface area contributed by atoms with E-state index >= 15 is 0 Å². The van der Waals surface area contributed by atoms with Gasteiger partial charge in [-0.3, -0.25) is 9.97 Å². The molecule has 5 nitrogen and oxygen atoms in total. The van der Waals surface area contributed by atoms with Crippen molar-refractivity contribution in [3.8, 4) is 67.8 Å². The van der Waals surface area contributed by atoms with Crippen molar-refractivity contribution in [3.63, 3.8) is 0 Å². The van der Waals surface area contributed by atoms with Crippen LogP contribution in [-0.2, 0) is 0 Å². The zero-order valence-electron chi connectivity index (χ0n) is 26.2. The standard InChI is InChI=1S/C43H27N5S/c1-3-11-30(12-4-1)41-46-42(31-13-5-2-6-14-31)48-43(47-41)36-26-33(25-35-34-15-7-8-17-39(34)49-40(35)36)29-20-18-28(19-21-29)32-22-23-38(45-27-32)37-16-9-10-24-44-37/h1-27H. The Hall–Kier alpha value is -6.37. The average molecular weight is 646 g/mol. The van der Waals surface area contributed by atoms with E-state index in [9.17, 15) is 0 Å². The Morgan fingerprint density at radius 3 is 1.63 bits per heavy atom. The van der Waals surface area contributed by atoms with Gasteiger partial charge in [-0.05, 0) is 53.1 Å². The molecule has 0 atom stereocenters. The molecule has 9 rings (SSSR count). The SMILES string of the molecule is c1ccc(-c2nc(-c3ccccc3)nc(-c3cc(-c4ccc(-c5ccc(-c6ccccn6)nc5)cc4)cc4c3sc3ccccc34)n2)cc1. The molecule has 6 heteroatoms. The summed E-state index contributed by atoms with van der Waals surface area (Å²) in [7, 11) is 0. The lowest BCUT2D eigenvalue weighted by Gasteiger charge is -2.11. The van der Waals surface area contributed by atoms with Crippen LogP contribution in [0.25, 0.3) is 88.0 Å². The minimum atomic E-state index is 0.649. The number of pyridine rings is 2. The zero-order chi connectivity index (χ0) is 32.6. The van der Waals surface area contributed by atoms with Gasteiger partial charge in [0.05, 0.1) is 11.4 Å². The summed E-state index contributed by atoms with van der Waals surface area (Å²) in [5.41, 5.74) is 8.97. The van der Waals surface area contributed by atoms with Crippen molar-refractivity contribution < 1.29 is 0 Å². The van der Waals surface area contributed by atoms with Gasteiger partial charge in [0, 0.05) is 54.8 Å². The van der Waals surface area contributed by atoms with E-state index in [1.807, 2.05) is 91.1 Å². The Bertz CT molecular complexity index is 2510. The molecule has 0 amide bonds. The third-order valence-electron chi connectivity index (χ3n) is 8.66. The van der Waals surface area contributed by atoms with Crippen LogP contribution in [0.3, 0.4) is 0 Å². The highest BCUT2D eigenvalue weighted by molar-refractivity contribution is 7.26. The predicted molar refractivity (Wildman–Crippen MR) is 201 cm³/mol. The van der Waals surface area contributed by atoms with Gasteiger partial charge in [0.25, 0.3) is 0 Å². The summed E-state index contributed by atoms with van der Waals surface area (Å²) in [4.78, 5) is 24.3. The van der Waals surface area contributed by atoms with E-state index in [4.69, 9.17) is 15.0 Å². The largest absolute Gasteiger partial charge is 0.255 e. The number of hydrogen-bond donors (Lipinski definition) is 0. The fourth-order valence-electron chi connectivity index (χ4n) is 6.17. The molecular formula is C43H27N5S. The first-order chi connectivity index (χ1) is 24.3. The summed E-state index contributed by atoms with van der Waals surface area (Å²) in [6.45, 7) is 0. The van der Waals surface area contributed by atoms with Gasteiger partial charge in [-0.15, -0.1) is 11.3 Å². The van der Waals surface area contributed by atoms with Crippen molar-refractivity contribution in [1.29, 1.82) is 0 Å². The van der Waals surface area contributed by atoms with Crippen LogP contribution in [0, 0.1) is 0 Å². The molecule has 0 aliphatic carbocycles. The predicted octanol–water partition coefficient (Wildman–Crippen LogP) is 11.0. The lowest BCUT2D eigenvalue weighted by atomic mass is 9.97. The molecular weight excluding hydrogens is 619 g/mol. The minimum absolute atomic E-state index is 0.649. The summed E-state index contributed by atoms with van der Waals surface area (Å²) in [5, 5.41) is 2.41. The van der Waals surface area contributed by atoms with Crippen molar-refractivity contribution in [3.05, 3.63) is 164 Å². The molecule has 0 radical (unpaired) electrons. The normalized spacial score (nSPS) is 11.3. The second-order valence-electron chi connectivity index (χ2n) is 11.8. The van der Waals surface area contributed by atoms with E-state index in [1.165, 1.54) is 15.5 Å². The first-order valence-electron chi connectivity index (χ1n) is 16.1. The Balaban J connectivity index is 1.18. The van der Waals surface area contributed by atoms with Gasteiger partial charge in [-0.2, -0.15) is 0 Å². The highest BCUT2D eigenvalue weighted by atomic mass is 32.1. The molecule has 230 valence electrons. The van der Waals surface area contributed by atoms with Gasteiger partial charge in [-0.1, -0.05) is 115 Å². The van der Waals surface area contributed by atoms with Gasteiger partial charge in [0.1, 0.15) is 0 Å². The van der Waals surface area contributed by atoms with Gasteiger partial charge < -0.3 is 0 Å². The third kappa shape index (κ3) is 5.54. The molecule has 49 heavy (non-hydrogen) atoms. The molecule has 0 fully saturated rings. The monoisotopic (exact) mass is 645 g/mol. The number of benzene rings is 5. The number of aromatic nitrogens is 5. The van der Waals surface area contributed by atoms with Crippen LogP contribution >= 0.6 is 11.3 Å². The second-order valence-corrected chi connectivity index (χ2v) is 12.8. The van der Waals surface area contributed by atoms with Gasteiger partial charge in [0.15, 0.2) is 17.5 Å². The molecule has 0 saturated carbocycles. The van der Waals surface area contributed by atoms with E-state index in [0.29, 0.717) is 17.5 Å². The quantitative estimate of drug-likeness (QED) is 0.180. The van der Waals surface area contributed by atoms with E-state index in [0.717, 1.165) is 55.0 Å². The van der Waals surface area contributed by atoms with Crippen LogP contribution in [0.4, 0.5) is 0 Å². The first-order valence-corrected chi connectivity index (χ1v) is 16.9. The molecule has 0 aliphatic rings. The molecule has 0 bridgehead atoms. The fraction of sp³-hybridized carbons (Fsp3) is 0. The average Bonchev–Trinajstić information content (AvgIpc) is 3.57. The van der Waals surface area contributed by atoms with E-state index in [1.54, 1.807) is 17.5 Å². The van der Waals surface area contributed by atoms with Crippen molar-refractivity contribution >= 4 is 31.5 Å². The fourth-order valence-corrected chi connectivity index (χ4v) is 7.37. The van der Waals surface area contributed by atoms with Crippen molar-refractivity contribution in [2.24, 2.45) is 0 Å². The molecule has 4 heterocycles. The van der Waals surface area contributed by atoms with Crippen LogP contribution in [0.1, 0.15) is 0 Å². The Kier molecular flexibility index (Phi) is 7.26. The summed E-state index contributed by atoms with van der Waals surface area (Å²) in [5.74, 6) is 1.95. The zero-order valence-corrected chi connectivity index (χ0v) is 27.0. The van der Waals surface area contributed by atoms with Gasteiger partial charge in [-0.25, -0.2) is 15.0 Å². The number of nitrogens with zero attached hydrogens (tertiary/aromatic N) is 5. The summed E-state index contributed by atoms with van der Waals surface area (Å²) >= 11 is 1.78. The lowest BCUT2D eigenvalue weighted by molar-refractivity contribution is 1.08. The molecule has 0 N–H and O–H groups in total. The molecule has 0 saturated heterocycles. The molecule has 9 aromatic rings. The Labute approximate surface area is 287 Å². The smallest absolute Gasteiger partial charge is 0.165 e. The molecule has 5 aromatic carbocycles. The minimum Gasteiger partial charge on any atom is -0.255 e. The van der Waals surface area contributed by atoms with Gasteiger partial charge in [0.2, 0.25) is 0 Å². The van der Waals surface area contributed by atoms with E-state index in [2.05, 4.69) is 76.7 Å². The molecule has 0 aliphatic heterocycles. The van der Waals surface area contributed by atoms with E-state index < -0.39 is 0 Å². The maximum absolute atomic E-state index is 5.11. The number of rotatable bonds is 6. The van der Waals surface area contributed by atoms with Crippen molar-refractivity contribution in [1.82, 2.24) is 24.9 Å². The highest BCUT2D eigenvalue weighted by Crippen LogP contribution is 2.42. The molecule has 0 unspecified atom stereocenters. The number of fused-ring (bicyclic) bond motifs is 3. The summed E-state index contributed by atoms with van der Waals surface area (Å²) in [6.07, 6.45) is 3.70. The topological polar surface area (TPSA) is 64.5 Å². The van der Waals surface area contributed by atoms with Crippen molar-refractivity contribution in [2.45, 2.75) is 0 Å². The van der Waals surface area contributed by atoms with Crippen LogP contribution < -0.4 is 0 Å². The lowest BCUT2D eigenvalue weighted by Crippen LogP contribution is -2.00. The van der Waals surface area contributed by atoms with E-state index in [-0.39, 0.29) is 0 Å². The summed E-state index contributed by atoms with van der Waals surface area (Å²) in [6, 6.07) is 52.0. The Morgan fingerprint density at radius 1 is 0.388 bits per heavy atom.